The van der Waals surface area contributed by atoms with Crippen LogP contribution in [0.5, 0.6) is 0 Å². The van der Waals surface area contributed by atoms with E-state index in [-0.39, 0.29) is 0 Å². The molecule has 0 aliphatic heterocycles. The van der Waals surface area contributed by atoms with Crippen molar-refractivity contribution >= 4 is 22.9 Å². The Kier molecular flexibility index (Phi) is 4.10. The first-order valence-electron chi connectivity index (χ1n) is 5.93. The summed E-state index contributed by atoms with van der Waals surface area (Å²) in [6.45, 7) is 7.85. The monoisotopic (exact) mass is 283 g/mol. The van der Waals surface area contributed by atoms with E-state index in [0.717, 1.165) is 29.5 Å². The van der Waals surface area contributed by atoms with Gasteiger partial charge in [0.1, 0.15) is 0 Å². The van der Waals surface area contributed by atoms with E-state index in [1.807, 2.05) is 30.0 Å². The number of hydrogen-bond acceptors (Lipinski definition) is 3. The lowest BCUT2D eigenvalue weighted by Gasteiger charge is -2.04. The molecule has 0 aromatic carbocycles. The summed E-state index contributed by atoms with van der Waals surface area (Å²) in [6, 6.07) is 2.24. The molecule has 0 aliphatic rings. The van der Waals surface area contributed by atoms with Crippen molar-refractivity contribution in [3.05, 3.63) is 37.8 Å². The molecule has 0 saturated carbocycles. The topological polar surface area (TPSA) is 29.9 Å². The third-order valence-corrected chi connectivity index (χ3v) is 4.71. The summed E-state index contributed by atoms with van der Waals surface area (Å²) in [5, 5.41) is 8.49. The van der Waals surface area contributed by atoms with Crippen LogP contribution in [-0.4, -0.2) is 9.78 Å². The molecule has 0 bridgehead atoms. The first kappa shape index (κ1) is 13.6. The highest BCUT2D eigenvalue weighted by Crippen LogP contribution is 2.21. The summed E-state index contributed by atoms with van der Waals surface area (Å²) in [5.74, 6) is 0. The maximum absolute atomic E-state index is 6.20. The molecule has 0 fully saturated rings. The summed E-state index contributed by atoms with van der Waals surface area (Å²) >= 11 is 8.05. The van der Waals surface area contributed by atoms with Crippen LogP contribution in [0.15, 0.2) is 6.07 Å². The average Bonchev–Trinajstić information content (AvgIpc) is 2.73. The molecule has 3 nitrogen and oxygen atoms in total. The first-order chi connectivity index (χ1) is 8.49. The highest BCUT2D eigenvalue weighted by Gasteiger charge is 2.10. The predicted molar refractivity (Wildman–Crippen MR) is 77.3 cm³/mol. The molecule has 0 atom stereocenters. The van der Waals surface area contributed by atoms with Crippen LogP contribution >= 0.6 is 22.9 Å². The molecule has 0 saturated heterocycles. The van der Waals surface area contributed by atoms with E-state index < -0.39 is 0 Å². The Hall–Kier alpha value is -0.840. The molecule has 98 valence electrons. The van der Waals surface area contributed by atoms with E-state index in [0.29, 0.717) is 0 Å². The quantitative estimate of drug-likeness (QED) is 0.933. The smallest absolute Gasteiger partial charge is 0.0860 e. The minimum absolute atomic E-state index is 0.742. The summed E-state index contributed by atoms with van der Waals surface area (Å²) in [5.41, 5.74) is 3.30. The van der Waals surface area contributed by atoms with E-state index in [4.69, 9.17) is 11.6 Å². The van der Waals surface area contributed by atoms with Crippen LogP contribution < -0.4 is 5.32 Å². The maximum Gasteiger partial charge on any atom is 0.0860 e. The molecule has 0 radical (unpaired) electrons. The molecular formula is C13H18ClN3S. The highest BCUT2D eigenvalue weighted by atomic mass is 35.5. The number of aryl methyl sites for hydroxylation is 4. The number of nitrogens with one attached hydrogen (secondary N) is 1. The number of halogens is 1. The van der Waals surface area contributed by atoms with Gasteiger partial charge in [-0.25, -0.2) is 0 Å². The van der Waals surface area contributed by atoms with Crippen molar-refractivity contribution in [1.82, 2.24) is 15.1 Å². The average molecular weight is 284 g/mol. The molecule has 2 heterocycles. The van der Waals surface area contributed by atoms with Gasteiger partial charge < -0.3 is 5.32 Å². The Morgan fingerprint density at radius 2 is 2.06 bits per heavy atom. The van der Waals surface area contributed by atoms with Gasteiger partial charge in [-0.05, 0) is 32.4 Å². The molecule has 0 amide bonds. The number of hydrogen-bond donors (Lipinski definition) is 1. The molecule has 1 N–H and O–H groups in total. The van der Waals surface area contributed by atoms with Crippen molar-refractivity contribution in [3.63, 3.8) is 0 Å². The third-order valence-electron chi connectivity index (χ3n) is 3.07. The van der Waals surface area contributed by atoms with Crippen LogP contribution in [0.4, 0.5) is 0 Å². The Morgan fingerprint density at radius 3 is 2.56 bits per heavy atom. The summed E-state index contributed by atoms with van der Waals surface area (Å²) < 4.78 is 1.84. The fourth-order valence-electron chi connectivity index (χ4n) is 1.91. The Morgan fingerprint density at radius 1 is 1.33 bits per heavy atom. The van der Waals surface area contributed by atoms with Gasteiger partial charge in [0.25, 0.3) is 0 Å². The molecule has 2 rings (SSSR count). The lowest BCUT2D eigenvalue weighted by Crippen LogP contribution is -2.14. The van der Waals surface area contributed by atoms with Crippen LogP contribution in [0.3, 0.4) is 0 Å². The molecule has 0 spiro atoms. The van der Waals surface area contributed by atoms with Gasteiger partial charge in [0.15, 0.2) is 0 Å². The fraction of sp³-hybridized carbons (Fsp3) is 0.462. The summed E-state index contributed by atoms with van der Waals surface area (Å²) in [4.78, 5) is 2.75. The lowest BCUT2D eigenvalue weighted by molar-refractivity contribution is 0.628. The van der Waals surface area contributed by atoms with Crippen molar-refractivity contribution in [2.45, 2.75) is 33.9 Å². The third kappa shape index (κ3) is 2.76. The zero-order valence-corrected chi connectivity index (χ0v) is 12.7. The van der Waals surface area contributed by atoms with Gasteiger partial charge in [-0.3, -0.25) is 4.68 Å². The Labute approximate surface area is 117 Å². The van der Waals surface area contributed by atoms with Crippen LogP contribution in [0.1, 0.15) is 26.7 Å². The second-order valence-corrected chi connectivity index (χ2v) is 6.24. The number of nitrogens with zero attached hydrogens (tertiary/aromatic N) is 2. The molecular weight excluding hydrogens is 266 g/mol. The summed E-state index contributed by atoms with van der Waals surface area (Å²) in [6.07, 6.45) is 0. The van der Waals surface area contributed by atoms with Crippen LogP contribution in [-0.2, 0) is 20.1 Å². The maximum atomic E-state index is 6.20. The van der Waals surface area contributed by atoms with Gasteiger partial charge in [0.2, 0.25) is 0 Å². The van der Waals surface area contributed by atoms with Crippen LogP contribution in [0, 0.1) is 20.8 Å². The standard InChI is InChI=1S/C13H18ClN3S/c1-8-5-11(18-10(8)3)6-15-7-12-13(14)9(2)16-17(12)4/h5,15H,6-7H2,1-4H3. The number of aromatic nitrogens is 2. The van der Waals surface area contributed by atoms with Crippen molar-refractivity contribution in [2.24, 2.45) is 7.05 Å². The highest BCUT2D eigenvalue weighted by molar-refractivity contribution is 7.12. The van der Waals surface area contributed by atoms with Gasteiger partial charge in [-0.2, -0.15) is 5.10 Å². The van der Waals surface area contributed by atoms with Gasteiger partial charge in [0, 0.05) is 29.9 Å². The fourth-order valence-corrected chi connectivity index (χ4v) is 3.16. The largest absolute Gasteiger partial charge is 0.306 e. The van der Waals surface area contributed by atoms with E-state index in [9.17, 15) is 0 Å². The number of rotatable bonds is 4. The Bertz CT molecular complexity index is 537. The van der Waals surface area contributed by atoms with Crippen molar-refractivity contribution in [2.75, 3.05) is 0 Å². The predicted octanol–water partition coefficient (Wildman–Crippen LogP) is 3.35. The van der Waals surface area contributed by atoms with E-state index in [1.54, 1.807) is 0 Å². The van der Waals surface area contributed by atoms with Gasteiger partial charge in [-0.1, -0.05) is 11.6 Å². The minimum atomic E-state index is 0.742. The lowest BCUT2D eigenvalue weighted by atomic mass is 10.3. The molecule has 18 heavy (non-hydrogen) atoms. The summed E-state index contributed by atoms with van der Waals surface area (Å²) in [7, 11) is 1.93. The van der Waals surface area contributed by atoms with E-state index in [2.05, 4.69) is 30.3 Å². The van der Waals surface area contributed by atoms with E-state index in [1.165, 1.54) is 15.3 Å². The molecule has 0 aliphatic carbocycles. The van der Waals surface area contributed by atoms with Crippen LogP contribution in [0.25, 0.3) is 0 Å². The zero-order chi connectivity index (χ0) is 13.3. The molecule has 5 heteroatoms. The normalized spacial score (nSPS) is 11.2. The molecule has 2 aromatic rings. The molecule has 0 unspecified atom stereocenters. The van der Waals surface area contributed by atoms with Gasteiger partial charge >= 0.3 is 0 Å². The SMILES string of the molecule is Cc1cc(CNCc2c(Cl)c(C)nn2C)sc1C. The second kappa shape index (κ2) is 5.43. The van der Waals surface area contributed by atoms with Crippen molar-refractivity contribution in [1.29, 1.82) is 0 Å². The number of thiophene rings is 1. The van der Waals surface area contributed by atoms with Crippen molar-refractivity contribution < 1.29 is 0 Å². The molecule has 2 aromatic heterocycles. The zero-order valence-electron chi connectivity index (χ0n) is 11.2. The second-order valence-electron chi connectivity index (χ2n) is 4.53. The van der Waals surface area contributed by atoms with E-state index >= 15 is 0 Å². The minimum Gasteiger partial charge on any atom is -0.306 e. The first-order valence-corrected chi connectivity index (χ1v) is 7.13. The van der Waals surface area contributed by atoms with Crippen LogP contribution in [0.2, 0.25) is 5.02 Å². The van der Waals surface area contributed by atoms with Crippen molar-refractivity contribution in [3.8, 4) is 0 Å². The Balaban J connectivity index is 1.96. The van der Waals surface area contributed by atoms with Gasteiger partial charge in [-0.15, -0.1) is 11.3 Å². The van der Waals surface area contributed by atoms with Gasteiger partial charge in [0.05, 0.1) is 16.4 Å².